The predicted octanol–water partition coefficient (Wildman–Crippen LogP) is 5.62. The van der Waals surface area contributed by atoms with Crippen LogP contribution in [0.2, 0.25) is 5.02 Å². The van der Waals surface area contributed by atoms with Gasteiger partial charge in [0.1, 0.15) is 18.0 Å². The maximum Gasteiger partial charge on any atom is 0.416 e. The molecule has 2 fully saturated rings. The lowest BCUT2D eigenvalue weighted by Gasteiger charge is -2.36. The first kappa shape index (κ1) is 33.7. The fourth-order valence-electron chi connectivity index (χ4n) is 6.70. The van der Waals surface area contributed by atoms with Crippen LogP contribution in [0.3, 0.4) is 0 Å². The van der Waals surface area contributed by atoms with Gasteiger partial charge in [-0.1, -0.05) is 44.2 Å². The van der Waals surface area contributed by atoms with Crippen molar-refractivity contribution in [2.45, 2.75) is 77.1 Å². The summed E-state index contributed by atoms with van der Waals surface area (Å²) >= 11 is 6.14. The molecular formula is C33H38ClF3N8O3. The third-order valence-corrected chi connectivity index (χ3v) is 9.55. The highest BCUT2D eigenvalue weighted by molar-refractivity contribution is 6.33. The fourth-order valence-corrected chi connectivity index (χ4v) is 6.93. The van der Waals surface area contributed by atoms with E-state index < -0.39 is 17.6 Å². The predicted molar refractivity (Wildman–Crippen MR) is 176 cm³/mol. The Kier molecular flexibility index (Phi) is 9.93. The summed E-state index contributed by atoms with van der Waals surface area (Å²) in [4.78, 5) is 40.7. The number of rotatable bonds is 8. The Labute approximate surface area is 280 Å². The quantitative estimate of drug-likeness (QED) is 0.229. The van der Waals surface area contributed by atoms with E-state index >= 15 is 0 Å². The molecule has 1 aliphatic heterocycles. The number of hydrogen-bond acceptors (Lipinski definition) is 8. The lowest BCUT2D eigenvalue weighted by molar-refractivity contribution is -0.137. The number of hydrogen-bond donors (Lipinski definition) is 2. The number of pyridine rings is 1. The molecule has 4 aromatic rings. The highest BCUT2D eigenvalue weighted by atomic mass is 35.5. The third kappa shape index (κ3) is 7.14. The Morgan fingerprint density at radius 1 is 1.08 bits per heavy atom. The second-order valence-electron chi connectivity index (χ2n) is 12.4. The van der Waals surface area contributed by atoms with Gasteiger partial charge in [0.15, 0.2) is 5.82 Å². The van der Waals surface area contributed by atoms with E-state index in [-0.39, 0.29) is 40.3 Å². The maximum atomic E-state index is 14.2. The summed E-state index contributed by atoms with van der Waals surface area (Å²) in [5.74, 6) is 0.522. The summed E-state index contributed by atoms with van der Waals surface area (Å²) in [6.45, 7) is 4.48. The molecule has 1 saturated heterocycles. The average Bonchev–Trinajstić information content (AvgIpc) is 3.33. The van der Waals surface area contributed by atoms with Crippen LogP contribution in [0.25, 0.3) is 5.78 Å². The van der Waals surface area contributed by atoms with Crippen molar-refractivity contribution in [1.82, 2.24) is 29.0 Å². The van der Waals surface area contributed by atoms with Crippen LogP contribution in [-0.4, -0.2) is 66.2 Å². The molecule has 1 saturated carbocycles. The molecule has 256 valence electrons. The molecule has 11 nitrogen and oxygen atoms in total. The number of alkyl halides is 3. The van der Waals surface area contributed by atoms with E-state index in [9.17, 15) is 27.9 Å². The number of piperazine rings is 1. The Morgan fingerprint density at radius 3 is 2.46 bits per heavy atom. The van der Waals surface area contributed by atoms with Gasteiger partial charge in [-0.2, -0.15) is 22.7 Å². The lowest BCUT2D eigenvalue weighted by atomic mass is 10.00. The molecular weight excluding hydrogens is 649 g/mol. The van der Waals surface area contributed by atoms with E-state index in [1.165, 1.54) is 10.7 Å². The first-order valence-corrected chi connectivity index (χ1v) is 16.7. The number of fused-ring (bicyclic) bond motifs is 1. The van der Waals surface area contributed by atoms with Crippen molar-refractivity contribution in [3.8, 4) is 5.75 Å². The normalized spacial score (nSPS) is 16.7. The number of aromatic hydroxyl groups is 1. The minimum atomic E-state index is -4.57. The van der Waals surface area contributed by atoms with Gasteiger partial charge in [0.2, 0.25) is 11.7 Å². The number of aromatic nitrogens is 5. The van der Waals surface area contributed by atoms with Crippen molar-refractivity contribution >= 4 is 34.7 Å². The minimum Gasteiger partial charge on any atom is -0.506 e. The second-order valence-corrected chi connectivity index (χ2v) is 12.8. The molecule has 48 heavy (non-hydrogen) atoms. The Morgan fingerprint density at radius 2 is 1.81 bits per heavy atom. The molecule has 2 N–H and O–H groups in total. The van der Waals surface area contributed by atoms with Gasteiger partial charge >= 0.3 is 6.18 Å². The van der Waals surface area contributed by atoms with Crippen molar-refractivity contribution < 1.29 is 23.1 Å². The number of benzene rings is 1. The summed E-state index contributed by atoms with van der Waals surface area (Å²) in [6, 6.07) is 4.55. The highest BCUT2D eigenvalue weighted by Gasteiger charge is 2.32. The third-order valence-electron chi connectivity index (χ3n) is 9.24. The van der Waals surface area contributed by atoms with Crippen LogP contribution in [0, 0.1) is 0 Å². The first-order chi connectivity index (χ1) is 23.0. The minimum absolute atomic E-state index is 0.0435. The molecule has 0 atom stereocenters. The van der Waals surface area contributed by atoms with Crippen molar-refractivity contribution in [1.29, 1.82) is 0 Å². The SMILES string of the molecule is CCc1c(N2CCN(Cc3ccncc3O)CC2)c(=O)n2nc(C3CCCCCC3)nc2n1CC(=O)Nc1ccc(C(F)(F)F)cc1Cl. The summed E-state index contributed by atoms with van der Waals surface area (Å²) in [5.41, 5.74) is 0.635. The van der Waals surface area contributed by atoms with Crippen molar-refractivity contribution in [3.05, 3.63) is 74.7 Å². The average molecular weight is 687 g/mol. The number of nitrogens with zero attached hydrogens (tertiary/aromatic N) is 7. The van der Waals surface area contributed by atoms with Crippen LogP contribution in [0.1, 0.15) is 74.0 Å². The van der Waals surface area contributed by atoms with Gasteiger partial charge < -0.3 is 19.9 Å². The number of anilines is 2. The monoisotopic (exact) mass is 686 g/mol. The summed E-state index contributed by atoms with van der Waals surface area (Å²) in [6.07, 6.45) is 5.10. The smallest absolute Gasteiger partial charge is 0.416 e. The largest absolute Gasteiger partial charge is 0.506 e. The van der Waals surface area contributed by atoms with E-state index in [0.717, 1.165) is 62.3 Å². The number of carbonyl (C=O) groups is 1. The van der Waals surface area contributed by atoms with Gasteiger partial charge in [-0.3, -0.25) is 19.5 Å². The summed E-state index contributed by atoms with van der Waals surface area (Å²) < 4.78 is 42.6. The zero-order valence-electron chi connectivity index (χ0n) is 26.6. The molecule has 0 radical (unpaired) electrons. The van der Waals surface area contributed by atoms with E-state index in [0.29, 0.717) is 56.4 Å². The standard InChI is InChI=1S/C33H38ClF3N8O3/c1-2-26-29(43-15-13-42(14-16-43)19-22-11-12-38-18-27(22)46)31(48)45-32(40-30(41-45)21-7-5-3-4-6-8-21)44(26)20-28(47)39-25-10-9-23(17-24(25)34)33(35,36)37/h9-12,17-18,21,46H,2-8,13-16,19-20H2,1H3,(H,39,47). The van der Waals surface area contributed by atoms with Crippen LogP contribution in [0.5, 0.6) is 5.75 Å². The van der Waals surface area contributed by atoms with E-state index in [1.807, 2.05) is 11.8 Å². The number of carbonyl (C=O) groups excluding carboxylic acids is 1. The molecule has 1 aliphatic carbocycles. The topological polar surface area (TPSA) is 121 Å². The molecule has 2 aliphatic rings. The zero-order chi connectivity index (χ0) is 34.0. The van der Waals surface area contributed by atoms with Crippen LogP contribution in [-0.2, 0) is 30.5 Å². The molecule has 4 heterocycles. The van der Waals surface area contributed by atoms with Crippen molar-refractivity contribution in [2.24, 2.45) is 0 Å². The molecule has 0 spiro atoms. The second kappa shape index (κ2) is 14.1. The highest BCUT2D eigenvalue weighted by Crippen LogP contribution is 2.34. The van der Waals surface area contributed by atoms with Crippen LogP contribution < -0.4 is 15.8 Å². The van der Waals surface area contributed by atoms with Gasteiger partial charge in [-0.15, -0.1) is 5.10 Å². The van der Waals surface area contributed by atoms with Crippen LogP contribution in [0.4, 0.5) is 24.5 Å². The zero-order valence-corrected chi connectivity index (χ0v) is 27.4. The first-order valence-electron chi connectivity index (χ1n) is 16.3. The Bertz CT molecular complexity index is 1840. The van der Waals surface area contributed by atoms with Crippen LogP contribution in [0.15, 0.2) is 41.5 Å². The van der Waals surface area contributed by atoms with Crippen LogP contribution >= 0.6 is 11.6 Å². The van der Waals surface area contributed by atoms with Crippen molar-refractivity contribution in [2.75, 3.05) is 36.4 Å². The number of halogens is 4. The van der Waals surface area contributed by atoms with Gasteiger partial charge in [0.05, 0.1) is 28.2 Å². The van der Waals surface area contributed by atoms with E-state index in [2.05, 4.69) is 15.2 Å². The molecule has 15 heteroatoms. The summed E-state index contributed by atoms with van der Waals surface area (Å²) in [5, 5.41) is 17.3. The molecule has 0 unspecified atom stereocenters. The van der Waals surface area contributed by atoms with Gasteiger partial charge in [-0.25, -0.2) is 0 Å². The van der Waals surface area contributed by atoms with E-state index in [4.69, 9.17) is 21.7 Å². The number of nitrogens with one attached hydrogen (secondary N) is 1. The van der Waals surface area contributed by atoms with E-state index in [1.54, 1.807) is 16.8 Å². The van der Waals surface area contributed by atoms with Crippen molar-refractivity contribution in [3.63, 3.8) is 0 Å². The molecule has 3 aromatic heterocycles. The molecule has 1 amide bonds. The maximum absolute atomic E-state index is 14.2. The number of amides is 1. The van der Waals surface area contributed by atoms with Gasteiger partial charge in [0.25, 0.3) is 5.56 Å². The molecule has 0 bridgehead atoms. The van der Waals surface area contributed by atoms with Gasteiger partial charge in [0, 0.05) is 50.4 Å². The Hall–Kier alpha value is -4.17. The summed E-state index contributed by atoms with van der Waals surface area (Å²) in [7, 11) is 0. The molecule has 6 rings (SSSR count). The van der Waals surface area contributed by atoms with Gasteiger partial charge in [-0.05, 0) is 43.5 Å². The Balaban J connectivity index is 1.33. The molecule has 1 aromatic carbocycles. The fraction of sp³-hybridized carbons (Fsp3) is 0.485. The lowest BCUT2D eigenvalue weighted by Crippen LogP contribution is -2.48.